The first-order chi connectivity index (χ1) is 7.49. The third-order valence-electron chi connectivity index (χ3n) is 2.08. The lowest BCUT2D eigenvalue weighted by Crippen LogP contribution is -2.34. The summed E-state index contributed by atoms with van der Waals surface area (Å²) in [6, 6.07) is 5.71. The molecule has 0 aromatic heterocycles. The molecule has 3 nitrogen and oxygen atoms in total. The molecule has 0 heterocycles. The van der Waals surface area contributed by atoms with Crippen LogP contribution in [0, 0.1) is 6.92 Å². The number of halogens is 1. The van der Waals surface area contributed by atoms with Crippen LogP contribution < -0.4 is 10.6 Å². The van der Waals surface area contributed by atoms with Gasteiger partial charge in [0, 0.05) is 16.8 Å². The Hall–Kier alpha value is -1.22. The van der Waals surface area contributed by atoms with E-state index < -0.39 is 0 Å². The maximum Gasteiger partial charge on any atom is 0.239 e. The van der Waals surface area contributed by atoms with E-state index in [-0.39, 0.29) is 18.5 Å². The fraction of sp³-hybridized carbons (Fsp3) is 0.417. The third-order valence-corrected chi connectivity index (χ3v) is 2.31. The molecule has 0 spiro atoms. The summed E-state index contributed by atoms with van der Waals surface area (Å²) >= 11 is 5.84. The van der Waals surface area contributed by atoms with Crippen molar-refractivity contribution in [1.82, 2.24) is 5.32 Å². The Kier molecular flexibility index (Phi) is 4.62. The molecule has 88 valence electrons. The molecule has 4 heteroatoms. The highest BCUT2D eigenvalue weighted by Crippen LogP contribution is 2.19. The quantitative estimate of drug-likeness (QED) is 0.850. The molecule has 1 amide bonds. The van der Waals surface area contributed by atoms with Gasteiger partial charge in [-0.15, -0.1) is 0 Å². The number of hydrogen-bond acceptors (Lipinski definition) is 2. The van der Waals surface area contributed by atoms with E-state index in [4.69, 9.17) is 11.6 Å². The van der Waals surface area contributed by atoms with Crippen LogP contribution in [0.25, 0.3) is 0 Å². The second-order valence-electron chi connectivity index (χ2n) is 4.04. The first kappa shape index (κ1) is 12.8. The van der Waals surface area contributed by atoms with Crippen molar-refractivity contribution < 1.29 is 4.79 Å². The number of carbonyl (C=O) groups is 1. The highest BCUT2D eigenvalue weighted by atomic mass is 35.5. The minimum absolute atomic E-state index is 0.00986. The van der Waals surface area contributed by atoms with E-state index in [9.17, 15) is 4.79 Å². The van der Waals surface area contributed by atoms with Gasteiger partial charge in [-0.25, -0.2) is 0 Å². The van der Waals surface area contributed by atoms with Crippen LogP contribution in [0.1, 0.15) is 19.4 Å². The van der Waals surface area contributed by atoms with Gasteiger partial charge in [0.2, 0.25) is 5.91 Å². The van der Waals surface area contributed by atoms with Crippen molar-refractivity contribution in [2.24, 2.45) is 0 Å². The number of amides is 1. The van der Waals surface area contributed by atoms with Crippen LogP contribution in [0.2, 0.25) is 5.02 Å². The highest BCUT2D eigenvalue weighted by molar-refractivity contribution is 6.30. The SMILES string of the molecule is Cc1cc(Cl)ccc1NCC(=O)NC(C)C. The Morgan fingerprint density at radius 3 is 2.69 bits per heavy atom. The van der Waals surface area contributed by atoms with E-state index in [1.807, 2.05) is 32.9 Å². The Morgan fingerprint density at radius 1 is 1.44 bits per heavy atom. The molecule has 2 N–H and O–H groups in total. The summed E-state index contributed by atoms with van der Waals surface area (Å²) < 4.78 is 0. The second kappa shape index (κ2) is 5.75. The highest BCUT2D eigenvalue weighted by Gasteiger charge is 2.04. The summed E-state index contributed by atoms with van der Waals surface area (Å²) in [4.78, 5) is 11.4. The molecular formula is C12H17ClN2O. The average Bonchev–Trinajstić information content (AvgIpc) is 2.15. The van der Waals surface area contributed by atoms with Crippen LogP contribution in [0.3, 0.4) is 0 Å². The topological polar surface area (TPSA) is 41.1 Å². The van der Waals surface area contributed by atoms with Gasteiger partial charge in [-0.05, 0) is 44.5 Å². The lowest BCUT2D eigenvalue weighted by molar-refractivity contribution is -0.119. The number of carbonyl (C=O) groups excluding carboxylic acids is 1. The molecule has 1 aromatic carbocycles. The molecule has 0 aliphatic carbocycles. The molecule has 0 unspecified atom stereocenters. The van der Waals surface area contributed by atoms with E-state index in [2.05, 4.69) is 10.6 Å². The van der Waals surface area contributed by atoms with Crippen molar-refractivity contribution in [3.05, 3.63) is 28.8 Å². The summed E-state index contributed by atoms with van der Waals surface area (Å²) in [5, 5.41) is 6.59. The normalized spacial score (nSPS) is 10.3. The molecular weight excluding hydrogens is 224 g/mol. The standard InChI is InChI=1S/C12H17ClN2O/c1-8(2)15-12(16)7-14-11-5-4-10(13)6-9(11)3/h4-6,8,14H,7H2,1-3H3,(H,15,16). The van der Waals surface area contributed by atoms with Crippen LogP contribution in [-0.4, -0.2) is 18.5 Å². The number of aryl methyl sites for hydroxylation is 1. The van der Waals surface area contributed by atoms with Crippen LogP contribution in [0.4, 0.5) is 5.69 Å². The van der Waals surface area contributed by atoms with Gasteiger partial charge in [0.1, 0.15) is 0 Å². The Labute approximate surface area is 101 Å². The smallest absolute Gasteiger partial charge is 0.239 e. The van der Waals surface area contributed by atoms with E-state index in [1.54, 1.807) is 6.07 Å². The van der Waals surface area contributed by atoms with Gasteiger partial charge in [-0.2, -0.15) is 0 Å². The summed E-state index contributed by atoms with van der Waals surface area (Å²) in [5.74, 6) is -0.00986. The first-order valence-corrected chi connectivity index (χ1v) is 5.66. The molecule has 0 fully saturated rings. The second-order valence-corrected chi connectivity index (χ2v) is 4.47. The number of anilines is 1. The average molecular weight is 241 g/mol. The lowest BCUT2D eigenvalue weighted by atomic mass is 10.2. The number of nitrogens with one attached hydrogen (secondary N) is 2. The van der Waals surface area contributed by atoms with Crippen LogP contribution in [0.15, 0.2) is 18.2 Å². The zero-order valence-corrected chi connectivity index (χ0v) is 10.6. The zero-order chi connectivity index (χ0) is 12.1. The minimum atomic E-state index is -0.00986. The Balaban J connectivity index is 2.51. The Morgan fingerprint density at radius 2 is 2.12 bits per heavy atom. The molecule has 1 rings (SSSR count). The van der Waals surface area contributed by atoms with E-state index in [1.165, 1.54) is 0 Å². The van der Waals surface area contributed by atoms with Crippen molar-refractivity contribution in [3.8, 4) is 0 Å². The maximum absolute atomic E-state index is 11.4. The van der Waals surface area contributed by atoms with Crippen LogP contribution >= 0.6 is 11.6 Å². The van der Waals surface area contributed by atoms with Gasteiger partial charge in [0.25, 0.3) is 0 Å². The van der Waals surface area contributed by atoms with Crippen LogP contribution in [-0.2, 0) is 4.79 Å². The Bertz CT molecular complexity index is 377. The monoisotopic (exact) mass is 240 g/mol. The van der Waals surface area contributed by atoms with Crippen molar-refractivity contribution in [3.63, 3.8) is 0 Å². The van der Waals surface area contributed by atoms with Gasteiger partial charge >= 0.3 is 0 Å². The first-order valence-electron chi connectivity index (χ1n) is 5.28. The van der Waals surface area contributed by atoms with Gasteiger partial charge < -0.3 is 10.6 Å². The van der Waals surface area contributed by atoms with Crippen LogP contribution in [0.5, 0.6) is 0 Å². The zero-order valence-electron chi connectivity index (χ0n) is 9.80. The van der Waals surface area contributed by atoms with Gasteiger partial charge in [-0.1, -0.05) is 11.6 Å². The van der Waals surface area contributed by atoms with E-state index in [0.29, 0.717) is 5.02 Å². The third kappa shape index (κ3) is 4.11. The fourth-order valence-corrected chi connectivity index (χ4v) is 1.60. The molecule has 0 saturated carbocycles. The summed E-state index contributed by atoms with van der Waals surface area (Å²) in [6.45, 7) is 6.10. The van der Waals surface area contributed by atoms with Crippen molar-refractivity contribution in [2.75, 3.05) is 11.9 Å². The molecule has 0 saturated heterocycles. The molecule has 1 aromatic rings. The molecule has 0 bridgehead atoms. The van der Waals surface area contributed by atoms with Gasteiger partial charge in [-0.3, -0.25) is 4.79 Å². The lowest BCUT2D eigenvalue weighted by Gasteiger charge is -2.11. The molecule has 0 aliphatic rings. The molecule has 16 heavy (non-hydrogen) atoms. The summed E-state index contributed by atoms with van der Waals surface area (Å²) in [6.07, 6.45) is 0. The number of hydrogen-bond donors (Lipinski definition) is 2. The summed E-state index contributed by atoms with van der Waals surface area (Å²) in [7, 11) is 0. The summed E-state index contributed by atoms with van der Waals surface area (Å²) in [5.41, 5.74) is 1.97. The minimum Gasteiger partial charge on any atom is -0.376 e. The molecule has 0 radical (unpaired) electrons. The molecule has 0 aliphatic heterocycles. The van der Waals surface area contributed by atoms with Gasteiger partial charge in [0.05, 0.1) is 6.54 Å². The predicted octanol–water partition coefficient (Wildman–Crippen LogP) is 2.58. The fourth-order valence-electron chi connectivity index (χ4n) is 1.37. The van der Waals surface area contributed by atoms with E-state index >= 15 is 0 Å². The number of benzene rings is 1. The predicted molar refractivity (Wildman–Crippen MR) is 68.0 cm³/mol. The van der Waals surface area contributed by atoms with Crippen molar-refractivity contribution >= 4 is 23.2 Å². The van der Waals surface area contributed by atoms with E-state index in [0.717, 1.165) is 11.3 Å². The maximum atomic E-state index is 11.4. The van der Waals surface area contributed by atoms with Gasteiger partial charge in [0.15, 0.2) is 0 Å². The number of rotatable bonds is 4. The van der Waals surface area contributed by atoms with Crippen molar-refractivity contribution in [1.29, 1.82) is 0 Å². The van der Waals surface area contributed by atoms with Crippen molar-refractivity contribution in [2.45, 2.75) is 26.8 Å². The molecule has 0 atom stereocenters. The largest absolute Gasteiger partial charge is 0.376 e.